The van der Waals surface area contributed by atoms with Crippen molar-refractivity contribution >= 4 is 40.2 Å². The fourth-order valence-corrected chi connectivity index (χ4v) is 5.53. The summed E-state index contributed by atoms with van der Waals surface area (Å²) in [6.45, 7) is 1.97. The predicted molar refractivity (Wildman–Crippen MR) is 146 cm³/mol. The fraction of sp³-hybridized carbons (Fsp3) is 0.207. The standard InChI is InChI=1S/C29H30N4S/c1-31(2)19-11-18-30-28-20-22(21-29-32(3)26-16-9-10-17-27(26)34-29)24-14-7-8-15-25(24)33(28)23-12-5-4-6-13-23/h4-10,12-17,20-21H,11,18-19H2,1-3H3/p+1. The zero-order chi connectivity index (χ0) is 23.5. The van der Waals surface area contributed by atoms with E-state index >= 15 is 0 Å². The zero-order valence-corrected chi connectivity index (χ0v) is 20.8. The van der Waals surface area contributed by atoms with Crippen molar-refractivity contribution in [3.63, 3.8) is 0 Å². The Labute approximate surface area is 206 Å². The van der Waals surface area contributed by atoms with Gasteiger partial charge in [-0.25, -0.2) is 0 Å². The maximum atomic E-state index is 3.74. The molecule has 5 heteroatoms. The highest BCUT2D eigenvalue weighted by atomic mass is 32.2. The quantitative estimate of drug-likeness (QED) is 0.265. The molecule has 172 valence electrons. The molecule has 1 aliphatic heterocycles. The van der Waals surface area contributed by atoms with Crippen LogP contribution in [0.2, 0.25) is 0 Å². The first-order valence-electron chi connectivity index (χ1n) is 11.8. The van der Waals surface area contributed by atoms with E-state index in [-0.39, 0.29) is 0 Å². The Morgan fingerprint density at radius 2 is 1.68 bits per heavy atom. The highest BCUT2D eigenvalue weighted by Crippen LogP contribution is 2.45. The molecular weight excluding hydrogens is 436 g/mol. The Morgan fingerprint density at radius 3 is 2.47 bits per heavy atom. The highest BCUT2D eigenvalue weighted by Gasteiger charge is 2.23. The van der Waals surface area contributed by atoms with Crippen LogP contribution in [0, 0.1) is 0 Å². The molecule has 0 amide bonds. The number of nitrogens with one attached hydrogen (secondary N) is 1. The maximum absolute atomic E-state index is 3.74. The number of nitrogens with zero attached hydrogens (tertiary/aromatic N) is 3. The second-order valence-electron chi connectivity index (χ2n) is 8.87. The van der Waals surface area contributed by atoms with Gasteiger partial charge in [0, 0.05) is 29.9 Å². The number of pyridine rings is 1. The van der Waals surface area contributed by atoms with Crippen LogP contribution in [0.1, 0.15) is 12.0 Å². The number of aromatic nitrogens is 1. The van der Waals surface area contributed by atoms with Gasteiger partial charge in [-0.3, -0.25) is 5.32 Å². The van der Waals surface area contributed by atoms with Gasteiger partial charge in [-0.05, 0) is 62.5 Å². The summed E-state index contributed by atoms with van der Waals surface area (Å²) in [5, 5.41) is 6.22. The monoisotopic (exact) mass is 467 g/mol. The summed E-state index contributed by atoms with van der Waals surface area (Å²) in [5.74, 6) is 1.11. The molecule has 0 radical (unpaired) electrons. The van der Waals surface area contributed by atoms with E-state index in [4.69, 9.17) is 0 Å². The van der Waals surface area contributed by atoms with Gasteiger partial charge in [-0.2, -0.15) is 4.57 Å². The molecule has 0 spiro atoms. The molecule has 0 atom stereocenters. The third-order valence-corrected chi connectivity index (χ3v) is 7.31. The van der Waals surface area contributed by atoms with Gasteiger partial charge in [-0.15, -0.1) is 0 Å². The average molecular weight is 468 g/mol. The van der Waals surface area contributed by atoms with Crippen LogP contribution in [-0.2, 0) is 0 Å². The van der Waals surface area contributed by atoms with Crippen molar-refractivity contribution in [1.82, 2.24) is 4.90 Å². The molecule has 0 saturated heterocycles. The van der Waals surface area contributed by atoms with Gasteiger partial charge < -0.3 is 9.80 Å². The molecule has 2 heterocycles. The number of hydrogen-bond donors (Lipinski definition) is 1. The second kappa shape index (κ2) is 9.92. The first-order chi connectivity index (χ1) is 16.6. The van der Waals surface area contributed by atoms with Crippen LogP contribution in [0.5, 0.6) is 0 Å². The molecule has 4 nitrogen and oxygen atoms in total. The Bertz CT molecular complexity index is 1330. The predicted octanol–water partition coefficient (Wildman–Crippen LogP) is 6.02. The van der Waals surface area contributed by atoms with Crippen molar-refractivity contribution in [2.45, 2.75) is 11.3 Å². The lowest BCUT2D eigenvalue weighted by Gasteiger charge is -2.16. The number of para-hydroxylation sites is 3. The van der Waals surface area contributed by atoms with Crippen LogP contribution in [0.3, 0.4) is 0 Å². The van der Waals surface area contributed by atoms with E-state index in [9.17, 15) is 0 Å². The van der Waals surface area contributed by atoms with E-state index in [1.165, 1.54) is 32.1 Å². The van der Waals surface area contributed by atoms with Crippen LogP contribution in [0.25, 0.3) is 22.7 Å². The zero-order valence-electron chi connectivity index (χ0n) is 20.0. The van der Waals surface area contributed by atoms with E-state index in [1.54, 1.807) is 0 Å². The topological polar surface area (TPSA) is 22.4 Å². The lowest BCUT2D eigenvalue weighted by Crippen LogP contribution is -2.36. The summed E-state index contributed by atoms with van der Waals surface area (Å²) >= 11 is 1.83. The van der Waals surface area contributed by atoms with Crippen molar-refractivity contribution < 1.29 is 4.57 Å². The minimum absolute atomic E-state index is 0.916. The Morgan fingerprint density at radius 1 is 0.941 bits per heavy atom. The number of fused-ring (bicyclic) bond motifs is 2. The number of rotatable bonds is 7. The van der Waals surface area contributed by atoms with Gasteiger partial charge in [0.05, 0.1) is 17.3 Å². The first-order valence-corrected chi connectivity index (χ1v) is 12.6. The van der Waals surface area contributed by atoms with Crippen LogP contribution >= 0.6 is 11.8 Å². The molecule has 5 rings (SSSR count). The molecule has 0 unspecified atom stereocenters. The van der Waals surface area contributed by atoms with Crippen LogP contribution in [0.15, 0.2) is 94.9 Å². The van der Waals surface area contributed by atoms with Crippen molar-refractivity contribution in [3.8, 4) is 5.69 Å². The van der Waals surface area contributed by atoms with Gasteiger partial charge in [0.1, 0.15) is 11.2 Å². The van der Waals surface area contributed by atoms with Gasteiger partial charge in [0.15, 0.2) is 0 Å². The summed E-state index contributed by atoms with van der Waals surface area (Å²) in [5.41, 5.74) is 4.84. The van der Waals surface area contributed by atoms with Crippen molar-refractivity contribution in [1.29, 1.82) is 0 Å². The van der Waals surface area contributed by atoms with E-state index in [2.05, 4.69) is 132 Å². The van der Waals surface area contributed by atoms with Crippen LogP contribution in [-0.4, -0.2) is 39.1 Å². The van der Waals surface area contributed by atoms with Gasteiger partial charge in [0.2, 0.25) is 0 Å². The molecule has 0 saturated carbocycles. The average Bonchev–Trinajstić information content (AvgIpc) is 3.17. The molecule has 1 aliphatic rings. The molecule has 3 aromatic carbocycles. The van der Waals surface area contributed by atoms with Crippen molar-refractivity contribution in [2.75, 3.05) is 44.4 Å². The number of hydrogen-bond acceptors (Lipinski definition) is 4. The van der Waals surface area contributed by atoms with E-state index in [1.807, 2.05) is 11.8 Å². The lowest BCUT2D eigenvalue weighted by atomic mass is 10.1. The van der Waals surface area contributed by atoms with E-state index in [0.29, 0.717) is 0 Å². The largest absolute Gasteiger partial charge is 0.338 e. The van der Waals surface area contributed by atoms with E-state index in [0.717, 1.165) is 31.0 Å². The number of thioether (sulfide) groups is 1. The first kappa shape index (κ1) is 22.5. The number of anilines is 2. The molecule has 0 aliphatic carbocycles. The highest BCUT2D eigenvalue weighted by molar-refractivity contribution is 8.03. The molecule has 0 bridgehead atoms. The second-order valence-corrected chi connectivity index (χ2v) is 9.93. The normalized spacial score (nSPS) is 14.2. The van der Waals surface area contributed by atoms with Crippen molar-refractivity contribution in [3.05, 3.63) is 95.5 Å². The Kier molecular flexibility index (Phi) is 6.57. The lowest BCUT2D eigenvalue weighted by molar-refractivity contribution is -0.551. The summed E-state index contributed by atoms with van der Waals surface area (Å²) < 4.78 is 2.34. The number of benzene rings is 3. The molecule has 1 aromatic heterocycles. The van der Waals surface area contributed by atoms with Gasteiger partial charge >= 0.3 is 0 Å². The fourth-order valence-electron chi connectivity index (χ4n) is 4.43. The summed E-state index contributed by atoms with van der Waals surface area (Å²) in [6.07, 6.45) is 3.41. The van der Waals surface area contributed by atoms with E-state index < -0.39 is 0 Å². The molecule has 34 heavy (non-hydrogen) atoms. The Balaban J connectivity index is 1.62. The SMILES string of the molecule is CN(C)CCCNc1cc(C=C2Sc3ccccc3N2C)c2ccccc2[n+]1-c1ccccc1. The maximum Gasteiger partial charge on any atom is 0.280 e. The van der Waals surface area contributed by atoms with Crippen LogP contribution in [0.4, 0.5) is 11.5 Å². The van der Waals surface area contributed by atoms with Crippen LogP contribution < -0.4 is 14.8 Å². The van der Waals surface area contributed by atoms with Crippen molar-refractivity contribution in [2.24, 2.45) is 0 Å². The third-order valence-electron chi connectivity index (χ3n) is 6.14. The molecule has 0 fully saturated rings. The Hall–Kier alpha value is -3.28. The summed E-state index contributed by atoms with van der Waals surface area (Å²) in [6, 6.07) is 30.2. The summed E-state index contributed by atoms with van der Waals surface area (Å²) in [7, 11) is 6.40. The third kappa shape index (κ3) is 4.54. The minimum atomic E-state index is 0.916. The summed E-state index contributed by atoms with van der Waals surface area (Å²) in [4.78, 5) is 5.82. The minimum Gasteiger partial charge on any atom is -0.338 e. The van der Waals surface area contributed by atoms with Gasteiger partial charge in [0.25, 0.3) is 5.82 Å². The van der Waals surface area contributed by atoms with Gasteiger partial charge in [-0.1, -0.05) is 60.3 Å². The smallest absolute Gasteiger partial charge is 0.280 e. The molecule has 1 N–H and O–H groups in total. The molecular formula is C29H31N4S+. The molecule has 4 aromatic rings.